The summed E-state index contributed by atoms with van der Waals surface area (Å²) in [5.41, 5.74) is 0.807. The first-order valence-electron chi connectivity index (χ1n) is 4.54. The van der Waals surface area contributed by atoms with Gasteiger partial charge in [-0.1, -0.05) is 0 Å². The molecule has 15 heavy (non-hydrogen) atoms. The highest BCUT2D eigenvalue weighted by atomic mass is 16.7. The fraction of sp³-hybridized carbons (Fsp3) is 0.455. The minimum atomic E-state index is -0.449. The van der Waals surface area contributed by atoms with Gasteiger partial charge in [-0.25, -0.2) is 0 Å². The molecule has 0 aromatic heterocycles. The van der Waals surface area contributed by atoms with E-state index in [0.717, 1.165) is 11.3 Å². The Morgan fingerprint density at radius 1 is 0.933 bits per heavy atom. The Kier molecular flexibility index (Phi) is 4.39. The van der Waals surface area contributed by atoms with E-state index in [1.807, 2.05) is 18.2 Å². The number of hydrogen-bond donors (Lipinski definition) is 0. The third-order valence-electron chi connectivity index (χ3n) is 2.12. The molecule has 0 saturated heterocycles. The van der Waals surface area contributed by atoms with Crippen LogP contribution in [0.5, 0.6) is 11.5 Å². The summed E-state index contributed by atoms with van der Waals surface area (Å²) in [7, 11) is 6.37. The summed E-state index contributed by atoms with van der Waals surface area (Å²) in [5.74, 6) is 1.45. The maximum absolute atomic E-state index is 5.21. The largest absolute Gasteiger partial charge is 0.497 e. The van der Waals surface area contributed by atoms with E-state index in [2.05, 4.69) is 0 Å². The fourth-order valence-electron chi connectivity index (χ4n) is 1.37. The van der Waals surface area contributed by atoms with Crippen molar-refractivity contribution in [3.63, 3.8) is 0 Å². The SMILES string of the molecule is COc1ccc(OC)c(C(OC)OC)c1. The lowest BCUT2D eigenvalue weighted by Gasteiger charge is -2.17. The van der Waals surface area contributed by atoms with Gasteiger partial charge in [0.15, 0.2) is 6.29 Å². The third-order valence-corrected chi connectivity index (χ3v) is 2.12. The molecule has 84 valence electrons. The Balaban J connectivity index is 3.09. The van der Waals surface area contributed by atoms with Gasteiger partial charge in [-0.05, 0) is 18.2 Å². The Labute approximate surface area is 89.7 Å². The molecule has 0 aliphatic heterocycles. The minimum Gasteiger partial charge on any atom is -0.497 e. The van der Waals surface area contributed by atoms with Gasteiger partial charge in [0, 0.05) is 14.2 Å². The summed E-state index contributed by atoms with van der Waals surface area (Å²) in [4.78, 5) is 0. The number of methoxy groups -OCH3 is 4. The van der Waals surface area contributed by atoms with Crippen molar-refractivity contribution in [2.45, 2.75) is 6.29 Å². The second-order valence-corrected chi connectivity index (χ2v) is 2.91. The summed E-state index contributed by atoms with van der Waals surface area (Å²) in [6.45, 7) is 0. The molecule has 1 aromatic rings. The van der Waals surface area contributed by atoms with Crippen LogP contribution in [-0.2, 0) is 9.47 Å². The summed E-state index contributed by atoms with van der Waals surface area (Å²) < 4.78 is 20.7. The predicted molar refractivity (Wildman–Crippen MR) is 56.3 cm³/mol. The van der Waals surface area contributed by atoms with Crippen LogP contribution in [0.1, 0.15) is 11.9 Å². The molecule has 1 rings (SSSR count). The van der Waals surface area contributed by atoms with Gasteiger partial charge < -0.3 is 18.9 Å². The normalized spacial score (nSPS) is 10.5. The van der Waals surface area contributed by atoms with Crippen LogP contribution in [0.2, 0.25) is 0 Å². The molecule has 0 radical (unpaired) electrons. The van der Waals surface area contributed by atoms with Crippen molar-refractivity contribution >= 4 is 0 Å². The Morgan fingerprint density at radius 3 is 2.07 bits per heavy atom. The lowest BCUT2D eigenvalue weighted by Crippen LogP contribution is -2.06. The Morgan fingerprint density at radius 2 is 1.60 bits per heavy atom. The summed E-state index contributed by atoms with van der Waals surface area (Å²) in [5, 5.41) is 0. The highest BCUT2D eigenvalue weighted by molar-refractivity contribution is 5.41. The quantitative estimate of drug-likeness (QED) is 0.699. The van der Waals surface area contributed by atoms with Crippen LogP contribution in [0.4, 0.5) is 0 Å². The van der Waals surface area contributed by atoms with Gasteiger partial charge in [-0.15, -0.1) is 0 Å². The van der Waals surface area contributed by atoms with Gasteiger partial charge in [0.2, 0.25) is 0 Å². The lowest BCUT2D eigenvalue weighted by atomic mass is 10.2. The Hall–Kier alpha value is -1.26. The van der Waals surface area contributed by atoms with Gasteiger partial charge >= 0.3 is 0 Å². The predicted octanol–water partition coefficient (Wildman–Crippen LogP) is 2.00. The molecular weight excluding hydrogens is 196 g/mol. The zero-order valence-corrected chi connectivity index (χ0v) is 9.44. The molecule has 0 spiro atoms. The van der Waals surface area contributed by atoms with Crippen molar-refractivity contribution in [3.05, 3.63) is 23.8 Å². The minimum absolute atomic E-state index is 0.449. The van der Waals surface area contributed by atoms with Gasteiger partial charge in [0.05, 0.1) is 19.8 Å². The summed E-state index contributed by atoms with van der Waals surface area (Å²) in [6.07, 6.45) is -0.449. The highest BCUT2D eigenvalue weighted by Crippen LogP contribution is 2.31. The maximum Gasteiger partial charge on any atom is 0.186 e. The molecule has 0 unspecified atom stereocenters. The smallest absolute Gasteiger partial charge is 0.186 e. The number of hydrogen-bond acceptors (Lipinski definition) is 4. The molecular formula is C11H16O4. The molecule has 0 saturated carbocycles. The van der Waals surface area contributed by atoms with E-state index in [-0.39, 0.29) is 0 Å². The molecule has 0 aliphatic carbocycles. The zero-order valence-electron chi connectivity index (χ0n) is 9.44. The van der Waals surface area contributed by atoms with E-state index in [0.29, 0.717) is 5.75 Å². The van der Waals surface area contributed by atoms with Crippen molar-refractivity contribution in [2.24, 2.45) is 0 Å². The van der Waals surface area contributed by atoms with E-state index in [1.165, 1.54) is 0 Å². The topological polar surface area (TPSA) is 36.9 Å². The van der Waals surface area contributed by atoms with E-state index < -0.39 is 6.29 Å². The van der Waals surface area contributed by atoms with Gasteiger partial charge in [-0.3, -0.25) is 0 Å². The van der Waals surface area contributed by atoms with Gasteiger partial charge in [0.1, 0.15) is 11.5 Å². The van der Waals surface area contributed by atoms with Crippen molar-refractivity contribution in [3.8, 4) is 11.5 Å². The van der Waals surface area contributed by atoms with Crippen molar-refractivity contribution in [1.29, 1.82) is 0 Å². The van der Waals surface area contributed by atoms with Crippen LogP contribution in [0.3, 0.4) is 0 Å². The number of benzene rings is 1. The van der Waals surface area contributed by atoms with Crippen LogP contribution in [-0.4, -0.2) is 28.4 Å². The molecule has 0 atom stereocenters. The standard InChI is InChI=1S/C11H16O4/c1-12-8-5-6-10(13-2)9(7-8)11(14-3)15-4/h5-7,11H,1-4H3. The summed E-state index contributed by atoms with van der Waals surface area (Å²) in [6, 6.07) is 5.47. The lowest BCUT2D eigenvalue weighted by molar-refractivity contribution is -0.107. The molecule has 0 aliphatic rings. The van der Waals surface area contributed by atoms with Crippen LogP contribution in [0.25, 0.3) is 0 Å². The average Bonchev–Trinajstić information content (AvgIpc) is 2.30. The van der Waals surface area contributed by atoms with E-state index in [1.54, 1.807) is 28.4 Å². The maximum atomic E-state index is 5.21. The molecule has 0 amide bonds. The zero-order chi connectivity index (χ0) is 11.3. The van der Waals surface area contributed by atoms with E-state index >= 15 is 0 Å². The molecule has 0 heterocycles. The first-order chi connectivity index (χ1) is 7.26. The number of rotatable bonds is 5. The van der Waals surface area contributed by atoms with Crippen LogP contribution in [0, 0.1) is 0 Å². The summed E-state index contributed by atoms with van der Waals surface area (Å²) >= 11 is 0. The first kappa shape index (κ1) is 11.8. The van der Waals surface area contributed by atoms with Crippen molar-refractivity contribution in [1.82, 2.24) is 0 Å². The van der Waals surface area contributed by atoms with Crippen molar-refractivity contribution < 1.29 is 18.9 Å². The second-order valence-electron chi connectivity index (χ2n) is 2.91. The monoisotopic (exact) mass is 212 g/mol. The molecule has 0 fully saturated rings. The fourth-order valence-corrected chi connectivity index (χ4v) is 1.37. The third kappa shape index (κ3) is 2.61. The highest BCUT2D eigenvalue weighted by Gasteiger charge is 2.15. The second kappa shape index (κ2) is 5.58. The van der Waals surface area contributed by atoms with Gasteiger partial charge in [-0.2, -0.15) is 0 Å². The number of ether oxygens (including phenoxy) is 4. The van der Waals surface area contributed by atoms with E-state index in [4.69, 9.17) is 18.9 Å². The molecule has 0 bridgehead atoms. The van der Waals surface area contributed by atoms with Crippen LogP contribution >= 0.6 is 0 Å². The van der Waals surface area contributed by atoms with Gasteiger partial charge in [0.25, 0.3) is 0 Å². The molecule has 1 aromatic carbocycles. The first-order valence-corrected chi connectivity index (χ1v) is 4.54. The molecule has 4 nitrogen and oxygen atoms in total. The molecule has 4 heteroatoms. The van der Waals surface area contributed by atoms with Crippen LogP contribution < -0.4 is 9.47 Å². The molecule has 0 N–H and O–H groups in total. The Bertz CT molecular complexity index is 307. The van der Waals surface area contributed by atoms with Crippen molar-refractivity contribution in [2.75, 3.05) is 28.4 Å². The average molecular weight is 212 g/mol. The van der Waals surface area contributed by atoms with E-state index in [9.17, 15) is 0 Å². The van der Waals surface area contributed by atoms with Crippen LogP contribution in [0.15, 0.2) is 18.2 Å².